The number of allylic oxidation sites excluding steroid dienone is 3. The maximum absolute atomic E-state index is 13.2. The molecule has 28 heavy (non-hydrogen) atoms. The number of nitrogens with one attached hydrogen (secondary N) is 1. The van der Waals surface area contributed by atoms with Crippen LogP contribution in [0.2, 0.25) is 0 Å². The van der Waals surface area contributed by atoms with E-state index in [1.807, 2.05) is 19.1 Å². The molecule has 2 amide bonds. The van der Waals surface area contributed by atoms with Crippen molar-refractivity contribution in [1.29, 1.82) is 0 Å². The molecule has 0 radical (unpaired) electrons. The van der Waals surface area contributed by atoms with E-state index in [0.29, 0.717) is 12.0 Å². The molecule has 1 saturated heterocycles. The Labute approximate surface area is 167 Å². The van der Waals surface area contributed by atoms with Crippen LogP contribution in [-0.2, 0) is 0 Å². The van der Waals surface area contributed by atoms with Crippen LogP contribution in [0.1, 0.15) is 46.0 Å². The topological polar surface area (TPSA) is 61.4 Å². The molecule has 3 atom stereocenters. The van der Waals surface area contributed by atoms with Crippen LogP contribution in [0.25, 0.3) is 0 Å². The number of urea groups is 1. The van der Waals surface area contributed by atoms with Gasteiger partial charge in [0, 0.05) is 37.3 Å². The van der Waals surface area contributed by atoms with Crippen LogP contribution in [0.4, 0.5) is 10.6 Å². The fourth-order valence-electron chi connectivity index (χ4n) is 4.42. The predicted molar refractivity (Wildman–Crippen MR) is 111 cm³/mol. The number of hydrogen-bond donors (Lipinski definition) is 1. The van der Waals surface area contributed by atoms with Crippen molar-refractivity contribution in [2.45, 2.75) is 64.1 Å². The SMILES string of the molecule is C/C=C\C(=C/C)[C@H]1C[C@@H]1NC(=O)N(C1CC1)[C@@H]1CCCN(c2cccnn2)C1. The number of piperidine rings is 1. The van der Waals surface area contributed by atoms with E-state index in [1.165, 1.54) is 5.57 Å². The molecule has 1 aromatic rings. The molecule has 1 aromatic heterocycles. The summed E-state index contributed by atoms with van der Waals surface area (Å²) in [6, 6.07) is 4.98. The zero-order chi connectivity index (χ0) is 19.5. The van der Waals surface area contributed by atoms with Gasteiger partial charge in [-0.05, 0) is 63.7 Å². The van der Waals surface area contributed by atoms with Crippen molar-refractivity contribution in [3.05, 3.63) is 42.1 Å². The van der Waals surface area contributed by atoms with Crippen molar-refractivity contribution >= 4 is 11.8 Å². The van der Waals surface area contributed by atoms with Crippen molar-refractivity contribution in [2.75, 3.05) is 18.0 Å². The lowest BCUT2D eigenvalue weighted by Crippen LogP contribution is -2.54. The first-order chi connectivity index (χ1) is 13.7. The molecule has 0 unspecified atom stereocenters. The minimum Gasteiger partial charge on any atom is -0.353 e. The Morgan fingerprint density at radius 1 is 1.29 bits per heavy atom. The van der Waals surface area contributed by atoms with Gasteiger partial charge in [-0.1, -0.05) is 18.2 Å². The molecule has 2 aliphatic carbocycles. The van der Waals surface area contributed by atoms with E-state index >= 15 is 0 Å². The summed E-state index contributed by atoms with van der Waals surface area (Å²) in [4.78, 5) is 17.6. The number of amides is 2. The maximum Gasteiger partial charge on any atom is 0.318 e. The van der Waals surface area contributed by atoms with Gasteiger partial charge in [-0.2, -0.15) is 5.10 Å². The van der Waals surface area contributed by atoms with Gasteiger partial charge >= 0.3 is 6.03 Å². The number of anilines is 1. The van der Waals surface area contributed by atoms with Crippen LogP contribution in [-0.4, -0.2) is 52.3 Å². The molecule has 0 bridgehead atoms. The van der Waals surface area contributed by atoms with Gasteiger partial charge in [-0.25, -0.2) is 4.79 Å². The maximum atomic E-state index is 13.2. The standard InChI is InChI=1S/C22H31N5O/c1-3-7-16(4-2)19-14-20(19)24-22(28)27(17-10-11-17)18-8-6-13-26(15-18)21-9-5-12-23-25-21/h3-5,7,9,12,17-20H,6,8,10-11,13-15H2,1-2H3,(H,24,28)/b7-3-,16-4+/t18-,19-,20+/m1/s1. The molecule has 3 aliphatic rings. The Bertz CT molecular complexity index is 743. The van der Waals surface area contributed by atoms with Gasteiger partial charge in [-0.3, -0.25) is 0 Å². The highest BCUT2D eigenvalue weighted by Gasteiger charge is 2.44. The molecular formula is C22H31N5O. The molecule has 6 nitrogen and oxygen atoms in total. The van der Waals surface area contributed by atoms with Gasteiger partial charge in [0.1, 0.15) is 0 Å². The van der Waals surface area contributed by atoms with E-state index in [1.54, 1.807) is 6.20 Å². The van der Waals surface area contributed by atoms with Crippen LogP contribution < -0.4 is 10.2 Å². The van der Waals surface area contributed by atoms with E-state index in [-0.39, 0.29) is 18.1 Å². The zero-order valence-electron chi connectivity index (χ0n) is 16.9. The quantitative estimate of drug-likeness (QED) is 0.766. The van der Waals surface area contributed by atoms with Gasteiger partial charge in [-0.15, -0.1) is 5.10 Å². The molecule has 0 spiro atoms. The monoisotopic (exact) mass is 381 g/mol. The second-order valence-corrected chi connectivity index (χ2v) is 8.15. The molecule has 1 N–H and O–H groups in total. The van der Waals surface area contributed by atoms with E-state index < -0.39 is 0 Å². The van der Waals surface area contributed by atoms with E-state index in [2.05, 4.69) is 50.5 Å². The number of carbonyl (C=O) groups excluding carboxylic acids is 1. The largest absolute Gasteiger partial charge is 0.353 e. The molecule has 0 aromatic carbocycles. The molecule has 2 saturated carbocycles. The predicted octanol–water partition coefficient (Wildman–Crippen LogP) is 3.53. The fraction of sp³-hybridized carbons (Fsp3) is 0.591. The summed E-state index contributed by atoms with van der Waals surface area (Å²) in [7, 11) is 0. The Kier molecular flexibility index (Phi) is 5.64. The van der Waals surface area contributed by atoms with Crippen molar-refractivity contribution < 1.29 is 4.79 Å². The number of nitrogens with zero attached hydrogens (tertiary/aromatic N) is 4. The van der Waals surface area contributed by atoms with Gasteiger partial charge in [0.25, 0.3) is 0 Å². The minimum absolute atomic E-state index is 0.122. The summed E-state index contributed by atoms with van der Waals surface area (Å²) >= 11 is 0. The van der Waals surface area contributed by atoms with Crippen molar-refractivity contribution in [1.82, 2.24) is 20.4 Å². The lowest BCUT2D eigenvalue weighted by molar-refractivity contribution is 0.160. The number of aromatic nitrogens is 2. The van der Waals surface area contributed by atoms with Crippen LogP contribution in [0.15, 0.2) is 42.1 Å². The zero-order valence-corrected chi connectivity index (χ0v) is 16.9. The van der Waals surface area contributed by atoms with Gasteiger partial charge in [0.15, 0.2) is 5.82 Å². The summed E-state index contributed by atoms with van der Waals surface area (Å²) in [6.07, 6.45) is 13.5. The van der Waals surface area contributed by atoms with E-state index in [9.17, 15) is 4.79 Å². The highest BCUT2D eigenvalue weighted by molar-refractivity contribution is 5.76. The fourth-order valence-corrected chi connectivity index (χ4v) is 4.42. The molecule has 1 aliphatic heterocycles. The van der Waals surface area contributed by atoms with E-state index in [4.69, 9.17) is 0 Å². The third kappa shape index (κ3) is 4.21. The summed E-state index contributed by atoms with van der Waals surface area (Å²) in [5.74, 6) is 1.38. The van der Waals surface area contributed by atoms with E-state index in [0.717, 1.165) is 51.0 Å². The van der Waals surface area contributed by atoms with Crippen molar-refractivity contribution in [3.63, 3.8) is 0 Å². The first-order valence-corrected chi connectivity index (χ1v) is 10.6. The van der Waals surface area contributed by atoms with Crippen LogP contribution in [0.3, 0.4) is 0 Å². The average molecular weight is 382 g/mol. The number of rotatable bonds is 6. The summed E-state index contributed by atoms with van der Waals surface area (Å²) in [5.41, 5.74) is 1.33. The first-order valence-electron chi connectivity index (χ1n) is 10.6. The second kappa shape index (κ2) is 8.33. The summed E-state index contributed by atoms with van der Waals surface area (Å²) in [5, 5.41) is 11.6. The second-order valence-electron chi connectivity index (χ2n) is 8.15. The minimum atomic E-state index is 0.122. The highest BCUT2D eigenvalue weighted by atomic mass is 16.2. The Morgan fingerprint density at radius 2 is 2.14 bits per heavy atom. The van der Waals surface area contributed by atoms with Crippen LogP contribution >= 0.6 is 0 Å². The van der Waals surface area contributed by atoms with Crippen molar-refractivity contribution in [3.8, 4) is 0 Å². The number of carbonyl (C=O) groups is 1. The first kappa shape index (κ1) is 19.0. The Hall–Kier alpha value is -2.37. The molecule has 150 valence electrons. The highest BCUT2D eigenvalue weighted by Crippen LogP contribution is 2.39. The third-order valence-corrected chi connectivity index (χ3v) is 6.07. The normalized spacial score (nSPS) is 27.7. The number of hydrogen-bond acceptors (Lipinski definition) is 4. The Balaban J connectivity index is 1.39. The van der Waals surface area contributed by atoms with Crippen LogP contribution in [0.5, 0.6) is 0 Å². The lowest BCUT2D eigenvalue weighted by atomic mass is 10.0. The molecule has 3 fully saturated rings. The summed E-state index contributed by atoms with van der Waals surface area (Å²) < 4.78 is 0. The molecular weight excluding hydrogens is 350 g/mol. The van der Waals surface area contributed by atoms with Gasteiger partial charge < -0.3 is 15.1 Å². The smallest absolute Gasteiger partial charge is 0.318 e. The van der Waals surface area contributed by atoms with Gasteiger partial charge in [0.2, 0.25) is 0 Å². The van der Waals surface area contributed by atoms with Crippen molar-refractivity contribution in [2.24, 2.45) is 5.92 Å². The lowest BCUT2D eigenvalue weighted by Gasteiger charge is -2.40. The summed E-state index contributed by atoms with van der Waals surface area (Å²) in [6.45, 7) is 5.94. The average Bonchev–Trinajstić information content (AvgIpc) is 3.65. The molecule has 4 rings (SSSR count). The Morgan fingerprint density at radius 3 is 2.82 bits per heavy atom. The molecule has 6 heteroatoms. The third-order valence-electron chi connectivity index (χ3n) is 6.07. The van der Waals surface area contributed by atoms with Gasteiger partial charge in [0.05, 0.1) is 6.04 Å². The van der Waals surface area contributed by atoms with Crippen LogP contribution in [0, 0.1) is 5.92 Å². The molecule has 2 heterocycles.